The van der Waals surface area contributed by atoms with Gasteiger partial charge in [-0.2, -0.15) is 5.10 Å². The number of hydrogen-bond donors (Lipinski definition) is 1. The maximum Gasteiger partial charge on any atom is 0.255 e. The molecular formula is C22H24N6O. The minimum Gasteiger partial charge on any atom is -0.328 e. The third-order valence-electron chi connectivity index (χ3n) is 4.87. The number of benzene rings is 2. The average molecular weight is 388 g/mol. The smallest absolute Gasteiger partial charge is 0.255 e. The molecule has 0 atom stereocenters. The largest absolute Gasteiger partial charge is 0.328 e. The number of hydrogen-bond acceptors (Lipinski definition) is 4. The van der Waals surface area contributed by atoms with Gasteiger partial charge in [0.05, 0.1) is 17.6 Å². The van der Waals surface area contributed by atoms with Crippen LogP contribution in [-0.2, 0) is 13.1 Å². The topological polar surface area (TPSA) is 77.6 Å². The van der Waals surface area contributed by atoms with Crippen molar-refractivity contribution in [1.82, 2.24) is 24.3 Å². The first-order valence-corrected chi connectivity index (χ1v) is 9.78. The van der Waals surface area contributed by atoms with Crippen LogP contribution in [0.4, 0.5) is 5.69 Å². The summed E-state index contributed by atoms with van der Waals surface area (Å²) in [5, 5.41) is 7.10. The number of aryl methyl sites for hydroxylation is 1. The van der Waals surface area contributed by atoms with Gasteiger partial charge in [0.1, 0.15) is 18.5 Å². The van der Waals surface area contributed by atoms with Crippen LogP contribution in [0.3, 0.4) is 0 Å². The zero-order valence-electron chi connectivity index (χ0n) is 16.8. The molecule has 7 nitrogen and oxygen atoms in total. The highest BCUT2D eigenvalue weighted by molar-refractivity contribution is 6.05. The van der Waals surface area contributed by atoms with Gasteiger partial charge in [-0.25, -0.2) is 14.6 Å². The Labute approximate surface area is 169 Å². The Hall–Kier alpha value is -3.48. The van der Waals surface area contributed by atoms with E-state index in [0.29, 0.717) is 18.0 Å². The standard InChI is InChI=1S/C22H24N6O/c1-4-28-20-9-8-18(11-19(20)26-21(28)15(2)3)25-22(29)17-7-5-6-16(10-17)12-27-14-23-13-24-27/h5-11,13-15H,4,12H2,1-3H3,(H,25,29). The van der Waals surface area contributed by atoms with Crippen molar-refractivity contribution >= 4 is 22.6 Å². The van der Waals surface area contributed by atoms with E-state index in [2.05, 4.69) is 40.7 Å². The van der Waals surface area contributed by atoms with Crippen molar-refractivity contribution in [3.05, 3.63) is 72.1 Å². The molecule has 1 amide bonds. The molecule has 2 aromatic carbocycles. The van der Waals surface area contributed by atoms with Gasteiger partial charge in [0.25, 0.3) is 5.91 Å². The van der Waals surface area contributed by atoms with Crippen LogP contribution in [0.5, 0.6) is 0 Å². The second-order valence-electron chi connectivity index (χ2n) is 7.32. The van der Waals surface area contributed by atoms with Crippen LogP contribution in [0.2, 0.25) is 0 Å². The molecule has 0 unspecified atom stereocenters. The molecule has 4 rings (SSSR count). The van der Waals surface area contributed by atoms with Gasteiger partial charge in [0.2, 0.25) is 0 Å². The Morgan fingerprint density at radius 1 is 1.17 bits per heavy atom. The lowest BCUT2D eigenvalue weighted by atomic mass is 10.1. The number of aromatic nitrogens is 5. The van der Waals surface area contributed by atoms with Crippen molar-refractivity contribution in [2.75, 3.05) is 5.32 Å². The molecule has 1 N–H and O–H groups in total. The molecule has 0 aliphatic rings. The summed E-state index contributed by atoms with van der Waals surface area (Å²) in [5.41, 5.74) is 4.31. The lowest BCUT2D eigenvalue weighted by Crippen LogP contribution is -2.12. The van der Waals surface area contributed by atoms with Crippen LogP contribution >= 0.6 is 0 Å². The van der Waals surface area contributed by atoms with Crippen molar-refractivity contribution < 1.29 is 4.79 Å². The highest BCUT2D eigenvalue weighted by Crippen LogP contribution is 2.24. The maximum atomic E-state index is 12.8. The number of anilines is 1. The quantitative estimate of drug-likeness (QED) is 0.540. The van der Waals surface area contributed by atoms with Gasteiger partial charge in [-0.05, 0) is 42.8 Å². The minimum absolute atomic E-state index is 0.149. The lowest BCUT2D eigenvalue weighted by molar-refractivity contribution is 0.102. The number of rotatable bonds is 6. The number of carbonyl (C=O) groups is 1. The monoisotopic (exact) mass is 388 g/mol. The Morgan fingerprint density at radius 3 is 2.76 bits per heavy atom. The molecule has 0 radical (unpaired) electrons. The van der Waals surface area contributed by atoms with Crippen LogP contribution in [0.15, 0.2) is 55.1 Å². The molecule has 2 aromatic heterocycles. The summed E-state index contributed by atoms with van der Waals surface area (Å²) in [4.78, 5) is 21.5. The van der Waals surface area contributed by atoms with Gasteiger partial charge in [0.15, 0.2) is 0 Å². The average Bonchev–Trinajstić information content (AvgIpc) is 3.35. The van der Waals surface area contributed by atoms with Gasteiger partial charge in [-0.15, -0.1) is 0 Å². The molecule has 0 bridgehead atoms. The molecule has 0 saturated carbocycles. The molecule has 4 aromatic rings. The summed E-state index contributed by atoms with van der Waals surface area (Å²) in [5.74, 6) is 1.25. The van der Waals surface area contributed by atoms with Gasteiger partial charge >= 0.3 is 0 Å². The molecule has 0 fully saturated rings. The molecule has 0 spiro atoms. The van der Waals surface area contributed by atoms with Crippen molar-refractivity contribution in [2.24, 2.45) is 0 Å². The second-order valence-corrected chi connectivity index (χ2v) is 7.32. The molecular weight excluding hydrogens is 364 g/mol. The third kappa shape index (κ3) is 3.89. The third-order valence-corrected chi connectivity index (χ3v) is 4.87. The lowest BCUT2D eigenvalue weighted by Gasteiger charge is -2.09. The van der Waals surface area contributed by atoms with Crippen LogP contribution < -0.4 is 5.32 Å². The summed E-state index contributed by atoms with van der Waals surface area (Å²) in [6.07, 6.45) is 3.15. The summed E-state index contributed by atoms with van der Waals surface area (Å²) < 4.78 is 3.94. The highest BCUT2D eigenvalue weighted by atomic mass is 16.1. The minimum atomic E-state index is -0.149. The zero-order chi connectivity index (χ0) is 20.4. The number of fused-ring (bicyclic) bond motifs is 1. The fourth-order valence-electron chi connectivity index (χ4n) is 3.51. The van der Waals surface area contributed by atoms with Gasteiger partial charge < -0.3 is 9.88 Å². The first-order chi connectivity index (χ1) is 14.0. The van der Waals surface area contributed by atoms with E-state index in [1.54, 1.807) is 17.1 Å². The Morgan fingerprint density at radius 2 is 2.03 bits per heavy atom. The van der Waals surface area contributed by atoms with Gasteiger partial charge in [-0.3, -0.25) is 4.79 Å². The summed E-state index contributed by atoms with van der Waals surface area (Å²) in [6.45, 7) is 7.84. The van der Waals surface area contributed by atoms with E-state index >= 15 is 0 Å². The Balaban J connectivity index is 1.56. The van der Waals surface area contributed by atoms with Crippen molar-refractivity contribution in [1.29, 1.82) is 0 Å². The van der Waals surface area contributed by atoms with Crippen LogP contribution in [-0.4, -0.2) is 30.2 Å². The van der Waals surface area contributed by atoms with Crippen LogP contribution in [0.1, 0.15) is 48.4 Å². The van der Waals surface area contributed by atoms with E-state index in [-0.39, 0.29) is 5.91 Å². The molecule has 29 heavy (non-hydrogen) atoms. The fraction of sp³-hybridized carbons (Fsp3) is 0.273. The maximum absolute atomic E-state index is 12.8. The number of carbonyl (C=O) groups excluding carboxylic acids is 1. The molecule has 0 aliphatic carbocycles. The van der Waals surface area contributed by atoms with Crippen molar-refractivity contribution in [3.8, 4) is 0 Å². The van der Waals surface area contributed by atoms with E-state index in [1.807, 2.05) is 36.4 Å². The molecule has 148 valence electrons. The number of imidazole rings is 1. The van der Waals surface area contributed by atoms with Crippen molar-refractivity contribution in [2.45, 2.75) is 39.8 Å². The Bertz CT molecular complexity index is 1140. The Kier molecular flexibility index (Phi) is 5.12. The molecule has 7 heteroatoms. The number of amides is 1. The SMILES string of the molecule is CCn1c(C(C)C)nc2cc(NC(=O)c3cccc(Cn4cncn4)c3)ccc21. The van der Waals surface area contributed by atoms with Gasteiger partial charge in [-0.1, -0.05) is 26.0 Å². The predicted octanol–water partition coefficient (Wildman–Crippen LogP) is 4.07. The van der Waals surface area contributed by atoms with E-state index in [4.69, 9.17) is 4.98 Å². The normalized spacial score (nSPS) is 11.3. The molecule has 0 aliphatic heterocycles. The summed E-state index contributed by atoms with van der Waals surface area (Å²) in [7, 11) is 0. The zero-order valence-corrected chi connectivity index (χ0v) is 16.8. The van der Waals surface area contributed by atoms with Crippen molar-refractivity contribution in [3.63, 3.8) is 0 Å². The highest BCUT2D eigenvalue weighted by Gasteiger charge is 2.14. The number of nitrogens with one attached hydrogen (secondary N) is 1. The van der Waals surface area contributed by atoms with Crippen LogP contribution in [0.25, 0.3) is 11.0 Å². The van der Waals surface area contributed by atoms with E-state index < -0.39 is 0 Å². The van der Waals surface area contributed by atoms with E-state index in [0.717, 1.165) is 34.7 Å². The number of nitrogens with zero attached hydrogens (tertiary/aromatic N) is 5. The first kappa shape index (κ1) is 18.9. The van der Waals surface area contributed by atoms with E-state index in [1.165, 1.54) is 6.33 Å². The first-order valence-electron chi connectivity index (χ1n) is 9.78. The fourth-order valence-corrected chi connectivity index (χ4v) is 3.51. The van der Waals surface area contributed by atoms with Gasteiger partial charge in [0, 0.05) is 23.7 Å². The van der Waals surface area contributed by atoms with E-state index in [9.17, 15) is 4.79 Å². The predicted molar refractivity (Wildman–Crippen MR) is 113 cm³/mol. The molecule has 2 heterocycles. The van der Waals surface area contributed by atoms with Crippen LogP contribution in [0, 0.1) is 0 Å². The summed E-state index contributed by atoms with van der Waals surface area (Å²) in [6, 6.07) is 13.4. The summed E-state index contributed by atoms with van der Waals surface area (Å²) >= 11 is 0. The molecule has 0 saturated heterocycles. The second kappa shape index (κ2) is 7.87.